The molecule has 0 fully saturated rings. The average Bonchev–Trinajstić information content (AvgIpc) is 2.42. The third-order valence-electron chi connectivity index (χ3n) is 2.92. The van der Waals surface area contributed by atoms with Crippen LogP contribution in [0.1, 0.15) is 13.8 Å². The fourth-order valence-electron chi connectivity index (χ4n) is 1.71. The van der Waals surface area contributed by atoms with Crippen molar-refractivity contribution in [2.24, 2.45) is 5.41 Å². The molecule has 0 aliphatic heterocycles. The second-order valence-electron chi connectivity index (χ2n) is 5.21. The summed E-state index contributed by atoms with van der Waals surface area (Å²) >= 11 is 0. The minimum Gasteiger partial charge on any atom is -0.359 e. The zero-order chi connectivity index (χ0) is 16.0. The summed E-state index contributed by atoms with van der Waals surface area (Å²) in [7, 11) is 1.53. The highest BCUT2D eigenvalue weighted by Gasteiger charge is 2.26. The summed E-state index contributed by atoms with van der Waals surface area (Å²) in [6, 6.07) is 3.33. The van der Waals surface area contributed by atoms with Crippen molar-refractivity contribution in [3.8, 4) is 0 Å². The smallest absolute Gasteiger partial charge is 0.238 e. The molecule has 3 N–H and O–H groups in total. The van der Waals surface area contributed by atoms with Crippen molar-refractivity contribution in [2.75, 3.05) is 25.5 Å². The molecule has 0 aromatic heterocycles. The number of carbonyl (C=O) groups excluding carboxylic acids is 2. The summed E-state index contributed by atoms with van der Waals surface area (Å²) in [6.07, 6.45) is 0. The van der Waals surface area contributed by atoms with Crippen molar-refractivity contribution < 1.29 is 18.4 Å². The van der Waals surface area contributed by atoms with E-state index in [4.69, 9.17) is 0 Å². The molecule has 0 aliphatic carbocycles. The van der Waals surface area contributed by atoms with E-state index >= 15 is 0 Å². The molecule has 1 aromatic rings. The van der Waals surface area contributed by atoms with Gasteiger partial charge in [-0.3, -0.25) is 9.59 Å². The topological polar surface area (TPSA) is 70.2 Å². The molecule has 5 nitrogen and oxygen atoms in total. The van der Waals surface area contributed by atoms with E-state index in [0.29, 0.717) is 0 Å². The van der Waals surface area contributed by atoms with Crippen molar-refractivity contribution in [1.29, 1.82) is 0 Å². The summed E-state index contributed by atoms with van der Waals surface area (Å²) in [6.45, 7) is 3.52. The van der Waals surface area contributed by atoms with Crippen LogP contribution in [0.25, 0.3) is 0 Å². The lowest BCUT2D eigenvalue weighted by Gasteiger charge is -2.22. The molecular weight excluding hydrogens is 280 g/mol. The third-order valence-corrected chi connectivity index (χ3v) is 2.92. The van der Waals surface area contributed by atoms with E-state index in [0.717, 1.165) is 12.1 Å². The molecule has 116 valence electrons. The van der Waals surface area contributed by atoms with Gasteiger partial charge in [0.15, 0.2) is 0 Å². The molecule has 0 aliphatic rings. The number of hydrogen-bond acceptors (Lipinski definition) is 3. The standard InChI is InChI=1S/C14H19F2N3O2/c1-14(2,13(21)17-3)8-18-7-11(20)19-12-9(15)5-4-6-10(12)16/h4-6,18H,7-8H2,1-3H3,(H,17,21)(H,19,20). The molecule has 0 radical (unpaired) electrons. The Bertz CT molecular complexity index is 513. The highest BCUT2D eigenvalue weighted by Crippen LogP contribution is 2.17. The molecule has 7 heteroatoms. The van der Waals surface area contributed by atoms with Crippen molar-refractivity contribution in [3.05, 3.63) is 29.8 Å². The number of nitrogens with one attached hydrogen (secondary N) is 3. The van der Waals surface area contributed by atoms with Crippen molar-refractivity contribution in [1.82, 2.24) is 10.6 Å². The number of para-hydroxylation sites is 1. The van der Waals surface area contributed by atoms with Crippen LogP contribution in [-0.4, -0.2) is 32.0 Å². The zero-order valence-corrected chi connectivity index (χ0v) is 12.2. The van der Waals surface area contributed by atoms with Crippen LogP contribution < -0.4 is 16.0 Å². The van der Waals surface area contributed by atoms with Gasteiger partial charge in [0.1, 0.15) is 17.3 Å². The predicted molar refractivity (Wildman–Crippen MR) is 75.7 cm³/mol. The number of hydrogen-bond donors (Lipinski definition) is 3. The normalized spacial score (nSPS) is 11.1. The second kappa shape index (κ2) is 7.12. The van der Waals surface area contributed by atoms with E-state index in [-0.39, 0.29) is 19.0 Å². The monoisotopic (exact) mass is 299 g/mol. The number of anilines is 1. The van der Waals surface area contributed by atoms with Crippen LogP contribution in [0.3, 0.4) is 0 Å². The lowest BCUT2D eigenvalue weighted by molar-refractivity contribution is -0.128. The Hall–Kier alpha value is -2.02. The van der Waals surface area contributed by atoms with E-state index in [1.54, 1.807) is 13.8 Å². The highest BCUT2D eigenvalue weighted by molar-refractivity contribution is 5.92. The molecule has 0 saturated heterocycles. The molecule has 1 aromatic carbocycles. The van der Waals surface area contributed by atoms with Gasteiger partial charge in [0.05, 0.1) is 12.0 Å². The fourth-order valence-corrected chi connectivity index (χ4v) is 1.71. The Morgan fingerprint density at radius 2 is 1.76 bits per heavy atom. The summed E-state index contributed by atoms with van der Waals surface area (Å²) in [5.41, 5.74) is -1.17. The van der Waals surface area contributed by atoms with Gasteiger partial charge < -0.3 is 16.0 Å². The maximum Gasteiger partial charge on any atom is 0.238 e. The van der Waals surface area contributed by atoms with Crippen LogP contribution in [0.15, 0.2) is 18.2 Å². The summed E-state index contributed by atoms with van der Waals surface area (Å²) in [5.74, 6) is -2.44. The van der Waals surface area contributed by atoms with Crippen LogP contribution >= 0.6 is 0 Å². The van der Waals surface area contributed by atoms with Crippen LogP contribution in [-0.2, 0) is 9.59 Å². The quantitative estimate of drug-likeness (QED) is 0.741. The van der Waals surface area contributed by atoms with Crippen molar-refractivity contribution in [3.63, 3.8) is 0 Å². The van der Waals surface area contributed by atoms with Crippen molar-refractivity contribution in [2.45, 2.75) is 13.8 Å². The first-order chi connectivity index (χ1) is 9.77. The van der Waals surface area contributed by atoms with Gasteiger partial charge in [-0.25, -0.2) is 8.78 Å². The van der Waals surface area contributed by atoms with E-state index in [2.05, 4.69) is 16.0 Å². The minimum atomic E-state index is -0.839. The highest BCUT2D eigenvalue weighted by atomic mass is 19.1. The van der Waals surface area contributed by atoms with E-state index in [1.165, 1.54) is 13.1 Å². The number of halogens is 2. The molecule has 1 rings (SSSR count). The van der Waals surface area contributed by atoms with Crippen LogP contribution in [0, 0.1) is 17.0 Å². The number of carbonyl (C=O) groups is 2. The largest absolute Gasteiger partial charge is 0.359 e. The fraction of sp³-hybridized carbons (Fsp3) is 0.429. The first kappa shape index (κ1) is 17.0. The number of rotatable bonds is 6. The Kier molecular flexibility index (Phi) is 5.78. The molecule has 21 heavy (non-hydrogen) atoms. The minimum absolute atomic E-state index is 0.159. The summed E-state index contributed by atoms with van der Waals surface area (Å²) in [5, 5.41) is 7.46. The van der Waals surface area contributed by atoms with Gasteiger partial charge in [-0.15, -0.1) is 0 Å². The molecule has 0 unspecified atom stereocenters. The molecule has 0 saturated carbocycles. The van der Waals surface area contributed by atoms with E-state index < -0.39 is 28.6 Å². The van der Waals surface area contributed by atoms with Crippen molar-refractivity contribution >= 4 is 17.5 Å². The third kappa shape index (κ3) is 4.78. The number of benzene rings is 1. The maximum absolute atomic E-state index is 13.3. The number of amides is 2. The predicted octanol–water partition coefficient (Wildman–Crippen LogP) is 1.27. The molecule has 2 amide bonds. The first-order valence-corrected chi connectivity index (χ1v) is 6.44. The van der Waals surface area contributed by atoms with Gasteiger partial charge in [0.2, 0.25) is 11.8 Å². The molecule has 0 spiro atoms. The molecule has 0 atom stereocenters. The van der Waals surface area contributed by atoms with Gasteiger partial charge in [0.25, 0.3) is 0 Å². The first-order valence-electron chi connectivity index (χ1n) is 6.44. The molecule has 0 heterocycles. The molecule has 0 bridgehead atoms. The van der Waals surface area contributed by atoms with E-state index in [1.807, 2.05) is 0 Å². The SMILES string of the molecule is CNC(=O)C(C)(C)CNCC(=O)Nc1c(F)cccc1F. The van der Waals surface area contributed by atoms with Gasteiger partial charge in [0, 0.05) is 13.6 Å². The van der Waals surface area contributed by atoms with Gasteiger partial charge in [-0.1, -0.05) is 6.07 Å². The Morgan fingerprint density at radius 3 is 2.29 bits per heavy atom. The maximum atomic E-state index is 13.3. The van der Waals surface area contributed by atoms with E-state index in [9.17, 15) is 18.4 Å². The van der Waals surface area contributed by atoms with Gasteiger partial charge in [-0.05, 0) is 26.0 Å². The van der Waals surface area contributed by atoms with Crippen LogP contribution in [0.5, 0.6) is 0 Å². The van der Waals surface area contributed by atoms with Gasteiger partial charge in [-0.2, -0.15) is 0 Å². The summed E-state index contributed by atoms with van der Waals surface area (Å²) in [4.78, 5) is 23.2. The Labute approximate surface area is 122 Å². The molecular formula is C14H19F2N3O2. The Morgan fingerprint density at radius 1 is 1.19 bits per heavy atom. The average molecular weight is 299 g/mol. The summed E-state index contributed by atoms with van der Waals surface area (Å²) < 4.78 is 26.7. The lowest BCUT2D eigenvalue weighted by atomic mass is 9.92. The van der Waals surface area contributed by atoms with Crippen LogP contribution in [0.2, 0.25) is 0 Å². The van der Waals surface area contributed by atoms with Crippen LogP contribution in [0.4, 0.5) is 14.5 Å². The zero-order valence-electron chi connectivity index (χ0n) is 12.2. The Balaban J connectivity index is 2.51. The van der Waals surface area contributed by atoms with Gasteiger partial charge >= 0.3 is 0 Å². The lowest BCUT2D eigenvalue weighted by Crippen LogP contribution is -2.43. The second-order valence-corrected chi connectivity index (χ2v) is 5.21.